The molecule has 3 heteroatoms. The molecule has 1 fully saturated rings. The van der Waals surface area contributed by atoms with Gasteiger partial charge in [-0.3, -0.25) is 4.79 Å². The summed E-state index contributed by atoms with van der Waals surface area (Å²) in [6.07, 6.45) is 4.43. The first kappa shape index (κ1) is 16.5. The van der Waals surface area contributed by atoms with E-state index in [9.17, 15) is 4.79 Å². The summed E-state index contributed by atoms with van der Waals surface area (Å²) < 4.78 is 0. The Kier molecular flexibility index (Phi) is 7.44. The quantitative estimate of drug-likeness (QED) is 0.770. The zero-order valence-electron chi connectivity index (χ0n) is 13.2. The highest BCUT2D eigenvalue weighted by Gasteiger charge is 2.25. The lowest BCUT2D eigenvalue weighted by Gasteiger charge is -2.30. The predicted octanol–water partition coefficient (Wildman–Crippen LogP) is 2.91. The molecular weight excluding hydrogens is 236 g/mol. The van der Waals surface area contributed by atoms with Gasteiger partial charge in [0, 0.05) is 19.6 Å². The third-order valence-electron chi connectivity index (χ3n) is 3.91. The van der Waals surface area contributed by atoms with Crippen LogP contribution in [0.2, 0.25) is 0 Å². The second-order valence-corrected chi connectivity index (χ2v) is 6.73. The summed E-state index contributed by atoms with van der Waals surface area (Å²) in [5.41, 5.74) is 0. The summed E-state index contributed by atoms with van der Waals surface area (Å²) >= 11 is 0. The molecule has 1 aliphatic rings. The van der Waals surface area contributed by atoms with Crippen molar-refractivity contribution in [1.82, 2.24) is 10.2 Å². The number of nitrogens with one attached hydrogen (secondary N) is 1. The lowest BCUT2D eigenvalue weighted by molar-refractivity contribution is -0.136. The number of carbonyl (C=O) groups excluding carboxylic acids is 1. The summed E-state index contributed by atoms with van der Waals surface area (Å²) in [6.45, 7) is 12.7. The largest absolute Gasteiger partial charge is 0.342 e. The van der Waals surface area contributed by atoms with Gasteiger partial charge >= 0.3 is 0 Å². The molecule has 112 valence electrons. The molecule has 1 amide bonds. The summed E-state index contributed by atoms with van der Waals surface area (Å²) in [5, 5.41) is 3.35. The summed E-state index contributed by atoms with van der Waals surface area (Å²) in [6, 6.07) is 0. The second-order valence-electron chi connectivity index (χ2n) is 6.73. The SMILES string of the molecule is CC(C)CCN(CCC(C)C)C(=O)[C@@H]1CCCNC1. The topological polar surface area (TPSA) is 32.3 Å². The van der Waals surface area contributed by atoms with Crippen molar-refractivity contribution in [3.63, 3.8) is 0 Å². The van der Waals surface area contributed by atoms with Gasteiger partial charge in [0.1, 0.15) is 0 Å². The van der Waals surface area contributed by atoms with Crippen molar-refractivity contribution in [3.8, 4) is 0 Å². The average molecular weight is 268 g/mol. The Hall–Kier alpha value is -0.570. The number of carbonyl (C=O) groups is 1. The predicted molar refractivity (Wildman–Crippen MR) is 81.1 cm³/mol. The van der Waals surface area contributed by atoms with E-state index in [-0.39, 0.29) is 5.92 Å². The number of hydrogen-bond acceptors (Lipinski definition) is 2. The smallest absolute Gasteiger partial charge is 0.226 e. The van der Waals surface area contributed by atoms with Crippen molar-refractivity contribution in [2.24, 2.45) is 17.8 Å². The lowest BCUT2D eigenvalue weighted by atomic mass is 9.97. The maximum atomic E-state index is 12.6. The van der Waals surface area contributed by atoms with E-state index in [1.807, 2.05) is 0 Å². The summed E-state index contributed by atoms with van der Waals surface area (Å²) in [7, 11) is 0. The first-order chi connectivity index (χ1) is 9.00. The molecule has 1 N–H and O–H groups in total. The van der Waals surface area contributed by atoms with Crippen molar-refractivity contribution >= 4 is 5.91 Å². The van der Waals surface area contributed by atoms with E-state index >= 15 is 0 Å². The van der Waals surface area contributed by atoms with Gasteiger partial charge in [0.15, 0.2) is 0 Å². The van der Waals surface area contributed by atoms with Crippen LogP contribution in [0.5, 0.6) is 0 Å². The molecule has 19 heavy (non-hydrogen) atoms. The Labute approximate surface area is 119 Å². The van der Waals surface area contributed by atoms with Crippen molar-refractivity contribution < 1.29 is 4.79 Å². The second kappa shape index (κ2) is 8.57. The molecule has 0 aromatic rings. The molecule has 1 rings (SSSR count). The minimum absolute atomic E-state index is 0.216. The van der Waals surface area contributed by atoms with Gasteiger partial charge in [-0.2, -0.15) is 0 Å². The molecule has 0 aliphatic carbocycles. The van der Waals surface area contributed by atoms with E-state index in [2.05, 4.69) is 37.9 Å². The van der Waals surface area contributed by atoms with Crippen LogP contribution in [0, 0.1) is 17.8 Å². The molecule has 0 radical (unpaired) electrons. The Bertz CT molecular complexity index is 245. The molecule has 1 heterocycles. The lowest BCUT2D eigenvalue weighted by Crippen LogP contribution is -2.44. The number of nitrogens with zero attached hydrogens (tertiary/aromatic N) is 1. The van der Waals surface area contributed by atoms with Crippen molar-refractivity contribution in [3.05, 3.63) is 0 Å². The van der Waals surface area contributed by atoms with E-state index in [1.165, 1.54) is 0 Å². The Morgan fingerprint density at radius 2 is 1.74 bits per heavy atom. The number of amides is 1. The average Bonchev–Trinajstić information content (AvgIpc) is 2.38. The molecule has 1 aliphatic heterocycles. The van der Waals surface area contributed by atoms with Crippen molar-refractivity contribution in [1.29, 1.82) is 0 Å². The molecular formula is C16H32N2O. The molecule has 0 unspecified atom stereocenters. The molecule has 1 atom stereocenters. The molecule has 1 saturated heterocycles. The van der Waals surface area contributed by atoms with E-state index in [0.717, 1.165) is 51.9 Å². The first-order valence-corrected chi connectivity index (χ1v) is 8.00. The summed E-state index contributed by atoms with van der Waals surface area (Å²) in [5.74, 6) is 1.93. The molecule has 0 bridgehead atoms. The van der Waals surface area contributed by atoms with Gasteiger partial charge in [-0.1, -0.05) is 27.7 Å². The zero-order chi connectivity index (χ0) is 14.3. The van der Waals surface area contributed by atoms with Crippen LogP contribution in [0.25, 0.3) is 0 Å². The third-order valence-corrected chi connectivity index (χ3v) is 3.91. The van der Waals surface area contributed by atoms with Crippen LogP contribution in [0.1, 0.15) is 53.4 Å². The number of rotatable bonds is 7. The molecule has 0 aromatic heterocycles. The molecule has 0 aromatic carbocycles. The first-order valence-electron chi connectivity index (χ1n) is 8.00. The maximum absolute atomic E-state index is 12.6. The van der Waals surface area contributed by atoms with Crippen molar-refractivity contribution in [2.75, 3.05) is 26.2 Å². The van der Waals surface area contributed by atoms with Crippen LogP contribution in [-0.4, -0.2) is 37.0 Å². The highest BCUT2D eigenvalue weighted by atomic mass is 16.2. The van der Waals surface area contributed by atoms with Crippen LogP contribution >= 0.6 is 0 Å². The zero-order valence-corrected chi connectivity index (χ0v) is 13.2. The van der Waals surface area contributed by atoms with E-state index in [1.54, 1.807) is 0 Å². The normalized spacial score (nSPS) is 20.0. The molecule has 0 spiro atoms. The van der Waals surface area contributed by atoms with Gasteiger partial charge in [0.05, 0.1) is 5.92 Å². The standard InChI is InChI=1S/C16H32N2O/c1-13(2)7-10-18(11-8-14(3)4)16(19)15-6-5-9-17-12-15/h13-15,17H,5-12H2,1-4H3/t15-/m1/s1. The Morgan fingerprint density at radius 3 is 2.16 bits per heavy atom. The number of piperidine rings is 1. The number of hydrogen-bond donors (Lipinski definition) is 1. The Balaban J connectivity index is 2.51. The van der Waals surface area contributed by atoms with Gasteiger partial charge < -0.3 is 10.2 Å². The monoisotopic (exact) mass is 268 g/mol. The van der Waals surface area contributed by atoms with E-state index < -0.39 is 0 Å². The van der Waals surface area contributed by atoms with Gasteiger partial charge in [-0.15, -0.1) is 0 Å². The van der Waals surface area contributed by atoms with E-state index in [4.69, 9.17) is 0 Å². The highest BCUT2D eigenvalue weighted by molar-refractivity contribution is 5.79. The van der Waals surface area contributed by atoms with Crippen LogP contribution in [-0.2, 0) is 4.79 Å². The van der Waals surface area contributed by atoms with Crippen LogP contribution < -0.4 is 5.32 Å². The third kappa shape index (κ3) is 6.42. The summed E-state index contributed by atoms with van der Waals surface area (Å²) in [4.78, 5) is 14.7. The fourth-order valence-corrected chi connectivity index (χ4v) is 2.48. The van der Waals surface area contributed by atoms with Crippen molar-refractivity contribution in [2.45, 2.75) is 53.4 Å². The highest BCUT2D eigenvalue weighted by Crippen LogP contribution is 2.16. The Morgan fingerprint density at radius 1 is 1.16 bits per heavy atom. The van der Waals surface area contributed by atoms with Crippen LogP contribution in [0.4, 0.5) is 0 Å². The molecule has 3 nitrogen and oxygen atoms in total. The van der Waals surface area contributed by atoms with E-state index in [0.29, 0.717) is 17.7 Å². The fourth-order valence-electron chi connectivity index (χ4n) is 2.48. The van der Waals surface area contributed by atoms with Gasteiger partial charge in [0.2, 0.25) is 5.91 Å². The van der Waals surface area contributed by atoms with Gasteiger partial charge in [-0.25, -0.2) is 0 Å². The van der Waals surface area contributed by atoms with Crippen LogP contribution in [0.3, 0.4) is 0 Å². The fraction of sp³-hybridized carbons (Fsp3) is 0.938. The van der Waals surface area contributed by atoms with Gasteiger partial charge in [0.25, 0.3) is 0 Å². The molecule has 0 saturated carbocycles. The minimum atomic E-state index is 0.216. The van der Waals surface area contributed by atoms with Gasteiger partial charge in [-0.05, 0) is 44.1 Å². The van der Waals surface area contributed by atoms with Crippen LogP contribution in [0.15, 0.2) is 0 Å². The maximum Gasteiger partial charge on any atom is 0.226 e. The minimum Gasteiger partial charge on any atom is -0.342 e.